The number of amides is 1. The van der Waals surface area contributed by atoms with Crippen LogP contribution in [0.25, 0.3) is 10.1 Å². The number of hydrogen-bond acceptors (Lipinski definition) is 8. The van der Waals surface area contributed by atoms with E-state index in [0.29, 0.717) is 38.4 Å². The van der Waals surface area contributed by atoms with Gasteiger partial charge in [0.15, 0.2) is 5.78 Å². The van der Waals surface area contributed by atoms with Crippen molar-refractivity contribution in [2.24, 2.45) is 11.5 Å². The summed E-state index contributed by atoms with van der Waals surface area (Å²) >= 11 is 1.28. The van der Waals surface area contributed by atoms with Crippen LogP contribution in [0.1, 0.15) is 56.4 Å². The Labute approximate surface area is 243 Å². The largest absolute Gasteiger partial charge is 0.457 e. The molecule has 3 unspecified atom stereocenters. The van der Waals surface area contributed by atoms with Crippen molar-refractivity contribution in [3.05, 3.63) is 87.3 Å². The molecular formula is C32H35N5O3S. The third-order valence-electron chi connectivity index (χ3n) is 8.42. The number of ketones is 1. The van der Waals surface area contributed by atoms with Crippen LogP contribution in [0.15, 0.2) is 54.6 Å². The number of aryl methyl sites for hydroxylation is 2. The Morgan fingerprint density at radius 3 is 2.59 bits per heavy atom. The normalized spacial score (nSPS) is 22.6. The van der Waals surface area contributed by atoms with Crippen molar-refractivity contribution < 1.29 is 14.3 Å². The Morgan fingerprint density at radius 1 is 1.10 bits per heavy atom. The topological polar surface area (TPSA) is 137 Å². The molecular weight excluding hydrogens is 534 g/mol. The maximum atomic E-state index is 14.2. The van der Waals surface area contributed by atoms with E-state index < -0.39 is 11.6 Å². The van der Waals surface area contributed by atoms with E-state index in [0.717, 1.165) is 47.5 Å². The highest BCUT2D eigenvalue weighted by Gasteiger charge is 2.49. The zero-order chi connectivity index (χ0) is 29.1. The number of likely N-dealkylation sites (N-methyl/N-ethyl adjacent to an activating group) is 1. The van der Waals surface area contributed by atoms with E-state index in [1.807, 2.05) is 63.4 Å². The molecule has 2 aliphatic rings. The second kappa shape index (κ2) is 10.3. The average Bonchev–Trinajstić information content (AvgIpc) is 3.35. The summed E-state index contributed by atoms with van der Waals surface area (Å²) in [6, 6.07) is 15.8. The van der Waals surface area contributed by atoms with Gasteiger partial charge >= 0.3 is 0 Å². The summed E-state index contributed by atoms with van der Waals surface area (Å²) in [6.07, 6.45) is 1.92. The van der Waals surface area contributed by atoms with Crippen molar-refractivity contribution in [2.45, 2.75) is 44.3 Å². The Hall–Kier alpha value is -3.76. The molecule has 0 saturated carbocycles. The van der Waals surface area contributed by atoms with Gasteiger partial charge in [0.25, 0.3) is 5.91 Å². The standard InChI is InChI=1S/C32H35N5O3S/c1-17-7-4-5-9-24(17)40-20-10-11-21(18(2)15-20)32(35)22-12-13-23(33)28-25(22)26(27(34)30(32)38)29(41-28)31(39)36-19-8-6-14-37(3)16-19/h4-5,7,9-13,15,19,27H,6,8,14,16,33-35H2,1-3H3,(H,36,39). The van der Waals surface area contributed by atoms with Crippen molar-refractivity contribution in [3.63, 3.8) is 0 Å². The minimum Gasteiger partial charge on any atom is -0.457 e. The quantitative estimate of drug-likeness (QED) is 0.260. The van der Waals surface area contributed by atoms with Crippen LogP contribution in [0.4, 0.5) is 5.69 Å². The molecule has 2 heterocycles. The number of piperidine rings is 1. The number of likely N-dealkylation sites (tertiary alicyclic amines) is 1. The molecule has 41 heavy (non-hydrogen) atoms. The fourth-order valence-electron chi connectivity index (χ4n) is 6.30. The van der Waals surface area contributed by atoms with Crippen molar-refractivity contribution in [3.8, 4) is 11.5 Å². The molecule has 1 fully saturated rings. The zero-order valence-electron chi connectivity index (χ0n) is 23.5. The van der Waals surface area contributed by atoms with Crippen molar-refractivity contribution in [1.29, 1.82) is 0 Å². The number of carbonyl (C=O) groups excluding carboxylic acids is 2. The van der Waals surface area contributed by atoms with Crippen LogP contribution in [-0.2, 0) is 10.3 Å². The second-order valence-corrected chi connectivity index (χ2v) is 12.3. The van der Waals surface area contributed by atoms with Gasteiger partial charge in [0, 0.05) is 29.2 Å². The number of carbonyl (C=O) groups is 2. The van der Waals surface area contributed by atoms with Crippen LogP contribution in [0.2, 0.25) is 0 Å². The van der Waals surface area contributed by atoms with Crippen molar-refractivity contribution in [2.75, 3.05) is 25.9 Å². The van der Waals surface area contributed by atoms with Gasteiger partial charge in [-0.25, -0.2) is 0 Å². The molecule has 1 aliphatic carbocycles. The van der Waals surface area contributed by atoms with E-state index >= 15 is 0 Å². The summed E-state index contributed by atoms with van der Waals surface area (Å²) in [6.45, 7) is 5.68. The van der Waals surface area contributed by atoms with Gasteiger partial charge in [0.1, 0.15) is 17.0 Å². The Kier molecular flexibility index (Phi) is 6.86. The number of ether oxygens (including phenoxy) is 1. The number of para-hydroxylation sites is 1. The molecule has 4 aromatic rings. The number of hydrogen-bond donors (Lipinski definition) is 4. The molecule has 8 nitrogen and oxygen atoms in total. The highest BCUT2D eigenvalue weighted by molar-refractivity contribution is 7.21. The number of Topliss-reactive ketones (excluding diaryl/α,β-unsaturated/α-hetero) is 1. The molecule has 6 rings (SSSR count). The van der Waals surface area contributed by atoms with E-state index in [4.69, 9.17) is 21.9 Å². The molecule has 0 bridgehead atoms. The van der Waals surface area contributed by atoms with Gasteiger partial charge in [-0.1, -0.05) is 30.3 Å². The molecule has 1 aromatic heterocycles. The van der Waals surface area contributed by atoms with Crippen LogP contribution < -0.4 is 27.3 Å². The number of anilines is 1. The highest BCUT2D eigenvalue weighted by atomic mass is 32.1. The monoisotopic (exact) mass is 569 g/mol. The molecule has 3 atom stereocenters. The van der Waals surface area contributed by atoms with Gasteiger partial charge < -0.3 is 32.2 Å². The fraction of sp³-hybridized carbons (Fsp3) is 0.312. The number of nitrogens with one attached hydrogen (secondary N) is 1. The Bertz CT molecular complexity index is 1700. The third-order valence-corrected chi connectivity index (χ3v) is 9.68. The van der Waals surface area contributed by atoms with Crippen LogP contribution in [0, 0.1) is 13.8 Å². The van der Waals surface area contributed by atoms with Gasteiger partial charge in [-0.2, -0.15) is 0 Å². The van der Waals surface area contributed by atoms with Gasteiger partial charge in [0.2, 0.25) is 0 Å². The molecule has 3 aromatic carbocycles. The van der Waals surface area contributed by atoms with Crippen LogP contribution in [0.5, 0.6) is 11.5 Å². The first-order valence-corrected chi connectivity index (χ1v) is 14.7. The maximum absolute atomic E-state index is 14.2. The Balaban J connectivity index is 1.43. The number of benzene rings is 3. The number of nitrogens with zero attached hydrogens (tertiary/aromatic N) is 1. The number of rotatable bonds is 5. The predicted molar refractivity (Wildman–Crippen MR) is 164 cm³/mol. The first-order chi connectivity index (χ1) is 19.6. The summed E-state index contributed by atoms with van der Waals surface area (Å²) in [5, 5.41) is 3.87. The highest BCUT2D eigenvalue weighted by Crippen LogP contribution is 2.50. The van der Waals surface area contributed by atoms with E-state index in [-0.39, 0.29) is 17.7 Å². The third kappa shape index (κ3) is 4.49. The van der Waals surface area contributed by atoms with E-state index in [9.17, 15) is 9.59 Å². The smallest absolute Gasteiger partial charge is 0.262 e. The van der Waals surface area contributed by atoms with Crippen LogP contribution in [0.3, 0.4) is 0 Å². The molecule has 9 heteroatoms. The first-order valence-electron chi connectivity index (χ1n) is 13.9. The van der Waals surface area contributed by atoms with E-state index in [2.05, 4.69) is 10.2 Å². The molecule has 0 radical (unpaired) electrons. The lowest BCUT2D eigenvalue weighted by Crippen LogP contribution is -2.53. The van der Waals surface area contributed by atoms with Gasteiger partial charge in [-0.3, -0.25) is 9.59 Å². The summed E-state index contributed by atoms with van der Waals surface area (Å²) in [5.41, 5.74) is 22.7. The van der Waals surface area contributed by atoms with Crippen LogP contribution in [-0.4, -0.2) is 42.8 Å². The first kappa shape index (κ1) is 27.4. The summed E-state index contributed by atoms with van der Waals surface area (Å²) < 4.78 is 6.85. The van der Waals surface area contributed by atoms with E-state index in [1.165, 1.54) is 11.3 Å². The number of nitrogens with two attached hydrogens (primary N) is 3. The predicted octanol–water partition coefficient (Wildman–Crippen LogP) is 4.50. The van der Waals surface area contributed by atoms with Crippen molar-refractivity contribution >= 4 is 38.8 Å². The van der Waals surface area contributed by atoms with E-state index in [1.54, 1.807) is 12.1 Å². The lowest BCUT2D eigenvalue weighted by atomic mass is 9.69. The summed E-state index contributed by atoms with van der Waals surface area (Å²) in [4.78, 5) is 30.4. The lowest BCUT2D eigenvalue weighted by molar-refractivity contribution is -0.124. The fourth-order valence-corrected chi connectivity index (χ4v) is 7.51. The molecule has 7 N–H and O–H groups in total. The Morgan fingerprint density at radius 2 is 1.85 bits per heavy atom. The van der Waals surface area contributed by atoms with Gasteiger partial charge in [0.05, 0.1) is 15.6 Å². The average molecular weight is 570 g/mol. The molecule has 0 spiro atoms. The zero-order valence-corrected chi connectivity index (χ0v) is 24.3. The molecule has 212 valence electrons. The number of thiophene rings is 1. The maximum Gasteiger partial charge on any atom is 0.262 e. The minimum absolute atomic E-state index is 0.0302. The van der Waals surface area contributed by atoms with Gasteiger partial charge in [-0.05, 0) is 86.8 Å². The second-order valence-electron chi connectivity index (χ2n) is 11.3. The van der Waals surface area contributed by atoms with Crippen molar-refractivity contribution in [1.82, 2.24) is 10.2 Å². The molecule has 1 amide bonds. The minimum atomic E-state index is -1.52. The lowest BCUT2D eigenvalue weighted by Gasteiger charge is -2.37. The SMILES string of the molecule is Cc1ccccc1Oc1ccc(C2(N)C(=O)C(N)c3c(C(=O)NC4CCCN(C)C4)sc4c(N)ccc2c34)c(C)c1. The number of nitrogen functional groups attached to an aromatic ring is 1. The summed E-state index contributed by atoms with van der Waals surface area (Å²) in [7, 11) is 2.05. The molecule has 1 saturated heterocycles. The molecule has 1 aliphatic heterocycles. The van der Waals surface area contributed by atoms with Gasteiger partial charge in [-0.15, -0.1) is 11.3 Å². The van der Waals surface area contributed by atoms with Crippen LogP contribution >= 0.6 is 11.3 Å². The summed E-state index contributed by atoms with van der Waals surface area (Å²) in [5.74, 6) is 0.805.